The fourth-order valence-electron chi connectivity index (χ4n) is 4.96. The molecule has 3 aliphatic rings. The van der Waals surface area contributed by atoms with Gasteiger partial charge in [-0.1, -0.05) is 0 Å². The van der Waals surface area contributed by atoms with Crippen LogP contribution in [0.5, 0.6) is 0 Å². The lowest BCUT2D eigenvalue weighted by atomic mass is 9.96. The van der Waals surface area contributed by atoms with Crippen molar-refractivity contribution in [3.05, 3.63) is 29.2 Å². The number of rotatable bonds is 1. The van der Waals surface area contributed by atoms with Gasteiger partial charge < -0.3 is 19.6 Å². The predicted octanol–water partition coefficient (Wildman–Crippen LogP) is 3.21. The third-order valence-electron chi connectivity index (χ3n) is 7.20. The monoisotopic (exact) mass is 586 g/mol. The molecule has 11 heteroatoms. The summed E-state index contributed by atoms with van der Waals surface area (Å²) in [5, 5.41) is 6.76. The SMILES string of the molecule is CC(C)(C)N1CCC(=O)CC1=O.CC(C)(C)N1CCc2[nH]ncc2C1=O.CN(C)/C=C1\C(=O)CCN(C(C)(C)C)C1=O. The third-order valence-corrected chi connectivity index (χ3v) is 7.20. The Morgan fingerprint density at radius 1 is 0.738 bits per heavy atom. The van der Waals surface area contributed by atoms with Crippen molar-refractivity contribution in [3.8, 4) is 0 Å². The summed E-state index contributed by atoms with van der Waals surface area (Å²) in [5.41, 5.74) is 1.51. The second-order valence-corrected chi connectivity index (χ2v) is 14.1. The highest BCUT2D eigenvalue weighted by molar-refractivity contribution is 6.20. The molecule has 1 aromatic rings. The maximum Gasteiger partial charge on any atom is 0.259 e. The lowest BCUT2D eigenvalue weighted by Crippen LogP contribution is -2.51. The van der Waals surface area contributed by atoms with Gasteiger partial charge in [0.1, 0.15) is 5.78 Å². The number of nitrogens with one attached hydrogen (secondary N) is 1. The van der Waals surface area contributed by atoms with E-state index in [0.717, 1.165) is 24.2 Å². The average Bonchev–Trinajstić information content (AvgIpc) is 3.30. The maximum atomic E-state index is 12.1. The average molecular weight is 587 g/mol. The van der Waals surface area contributed by atoms with Crippen LogP contribution in [-0.2, 0) is 25.6 Å². The summed E-state index contributed by atoms with van der Waals surface area (Å²) in [6, 6.07) is 0. The number of H-pyrrole nitrogens is 1. The Morgan fingerprint density at radius 3 is 1.74 bits per heavy atom. The Kier molecular flexibility index (Phi) is 10.9. The Morgan fingerprint density at radius 2 is 1.24 bits per heavy atom. The van der Waals surface area contributed by atoms with E-state index < -0.39 is 0 Å². The number of Topliss-reactive ketones (excluding diaryl/α,β-unsaturated/α-hetero) is 2. The van der Waals surface area contributed by atoms with E-state index in [4.69, 9.17) is 0 Å². The van der Waals surface area contributed by atoms with Gasteiger partial charge in [0, 0.05) is 81.5 Å². The molecule has 2 saturated heterocycles. The molecule has 3 amide bonds. The van der Waals surface area contributed by atoms with Crippen LogP contribution in [0.15, 0.2) is 18.0 Å². The predicted molar refractivity (Wildman–Crippen MR) is 162 cm³/mol. The minimum atomic E-state index is -0.233. The van der Waals surface area contributed by atoms with Gasteiger partial charge in [0.15, 0.2) is 5.78 Å². The van der Waals surface area contributed by atoms with E-state index >= 15 is 0 Å². The van der Waals surface area contributed by atoms with E-state index in [1.54, 1.807) is 27.1 Å². The first kappa shape index (κ1) is 34.7. The first-order valence-electron chi connectivity index (χ1n) is 14.5. The van der Waals surface area contributed by atoms with Gasteiger partial charge in [-0.2, -0.15) is 5.10 Å². The van der Waals surface area contributed by atoms with Gasteiger partial charge in [0.2, 0.25) is 5.91 Å². The highest BCUT2D eigenvalue weighted by Crippen LogP contribution is 2.24. The van der Waals surface area contributed by atoms with Gasteiger partial charge in [0.25, 0.3) is 11.8 Å². The zero-order chi connectivity index (χ0) is 32.2. The van der Waals surface area contributed by atoms with Crippen LogP contribution in [0.4, 0.5) is 0 Å². The first-order valence-corrected chi connectivity index (χ1v) is 14.5. The number of nitrogens with zero attached hydrogens (tertiary/aromatic N) is 5. The van der Waals surface area contributed by atoms with E-state index in [1.807, 2.05) is 60.5 Å². The third kappa shape index (κ3) is 9.00. The van der Waals surface area contributed by atoms with Gasteiger partial charge in [0.05, 0.1) is 23.8 Å². The molecular formula is C31H50N6O5. The zero-order valence-corrected chi connectivity index (χ0v) is 27.4. The second-order valence-electron chi connectivity index (χ2n) is 14.1. The molecule has 0 spiro atoms. The quantitative estimate of drug-likeness (QED) is 0.304. The molecule has 0 aliphatic carbocycles. The summed E-state index contributed by atoms with van der Waals surface area (Å²) in [4.78, 5) is 65.2. The fourth-order valence-corrected chi connectivity index (χ4v) is 4.96. The van der Waals surface area contributed by atoms with Crippen molar-refractivity contribution in [1.29, 1.82) is 0 Å². The van der Waals surface area contributed by atoms with Crippen molar-refractivity contribution in [2.45, 2.75) is 105 Å². The molecule has 42 heavy (non-hydrogen) atoms. The number of hydrogen-bond donors (Lipinski definition) is 1. The molecule has 234 valence electrons. The summed E-state index contributed by atoms with van der Waals surface area (Å²) >= 11 is 0. The van der Waals surface area contributed by atoms with Crippen molar-refractivity contribution < 1.29 is 24.0 Å². The summed E-state index contributed by atoms with van der Waals surface area (Å²) in [6.07, 6.45) is 5.14. The van der Waals surface area contributed by atoms with E-state index in [0.29, 0.717) is 31.5 Å². The lowest BCUT2D eigenvalue weighted by molar-refractivity contribution is -0.144. The van der Waals surface area contributed by atoms with Gasteiger partial charge >= 0.3 is 0 Å². The molecule has 4 rings (SSSR count). The maximum absolute atomic E-state index is 12.1. The van der Waals surface area contributed by atoms with Crippen molar-refractivity contribution in [3.63, 3.8) is 0 Å². The minimum absolute atomic E-state index is 0.0289. The van der Waals surface area contributed by atoms with Gasteiger partial charge in [-0.3, -0.25) is 29.1 Å². The molecule has 0 aromatic carbocycles. The Labute approximate surface area is 250 Å². The molecular weight excluding hydrogens is 536 g/mol. The van der Waals surface area contributed by atoms with Crippen LogP contribution in [0, 0.1) is 0 Å². The van der Waals surface area contributed by atoms with Crippen molar-refractivity contribution in [1.82, 2.24) is 29.8 Å². The molecule has 0 atom stereocenters. The van der Waals surface area contributed by atoms with Crippen LogP contribution in [-0.4, -0.2) is 109 Å². The topological polar surface area (TPSA) is 127 Å². The molecule has 2 fully saturated rings. The van der Waals surface area contributed by atoms with Crippen LogP contribution >= 0.6 is 0 Å². The number of carbonyl (C=O) groups excluding carboxylic acids is 5. The van der Waals surface area contributed by atoms with Crippen LogP contribution in [0.3, 0.4) is 0 Å². The molecule has 0 saturated carbocycles. The molecule has 0 radical (unpaired) electrons. The highest BCUT2D eigenvalue weighted by Gasteiger charge is 2.36. The smallest absolute Gasteiger partial charge is 0.259 e. The minimum Gasteiger partial charge on any atom is -0.383 e. The summed E-state index contributed by atoms with van der Waals surface area (Å²) in [6.45, 7) is 19.9. The van der Waals surface area contributed by atoms with Gasteiger partial charge in [-0.05, 0) is 62.3 Å². The molecule has 1 N–H and O–H groups in total. The van der Waals surface area contributed by atoms with Crippen LogP contribution in [0.25, 0.3) is 0 Å². The number of likely N-dealkylation sites (tertiary alicyclic amines) is 2. The van der Waals surface area contributed by atoms with Crippen LogP contribution < -0.4 is 0 Å². The van der Waals surface area contributed by atoms with Crippen molar-refractivity contribution in [2.75, 3.05) is 33.7 Å². The summed E-state index contributed by atoms with van der Waals surface area (Å²) < 4.78 is 0. The summed E-state index contributed by atoms with van der Waals surface area (Å²) in [7, 11) is 3.62. The number of piperidine rings is 2. The Balaban J connectivity index is 0.000000222. The normalized spacial score (nSPS) is 19.3. The molecule has 0 bridgehead atoms. The standard InChI is InChI=1S/C12H20N2O2.C10H15N3O.C9H15NO2/c1-12(2,3)14-7-6-10(15)9(11(14)16)8-13(4)5;1-10(2,3)13-5-4-8-7(9(13)14)6-11-12-8;1-9(2,3)10-5-4-7(11)6-8(10)12/h8H,6-7H2,1-5H3;6H,4-5H2,1-3H3,(H,11,12);4-6H2,1-3H3/b9-8+;;. The number of carbonyl (C=O) groups is 5. The number of amides is 3. The molecule has 4 heterocycles. The number of aromatic amines is 1. The van der Waals surface area contributed by atoms with Crippen molar-refractivity contribution >= 4 is 29.3 Å². The van der Waals surface area contributed by atoms with E-state index in [-0.39, 0.29) is 52.3 Å². The Hall–Kier alpha value is -3.50. The second kappa shape index (κ2) is 13.2. The fraction of sp³-hybridized carbons (Fsp3) is 0.677. The molecule has 1 aromatic heterocycles. The molecule has 0 unspecified atom stereocenters. The summed E-state index contributed by atoms with van der Waals surface area (Å²) in [5.74, 6) is -0.0802. The number of ketones is 2. The Bertz CT molecular complexity index is 1210. The van der Waals surface area contributed by atoms with Crippen LogP contribution in [0.2, 0.25) is 0 Å². The van der Waals surface area contributed by atoms with E-state index in [1.165, 1.54) is 0 Å². The lowest BCUT2D eigenvalue weighted by Gasteiger charge is -2.38. The molecule has 3 aliphatic heterocycles. The number of hydrogen-bond acceptors (Lipinski definition) is 7. The molecule has 11 nitrogen and oxygen atoms in total. The van der Waals surface area contributed by atoms with E-state index in [9.17, 15) is 24.0 Å². The number of aromatic nitrogens is 2. The highest BCUT2D eigenvalue weighted by atomic mass is 16.2. The largest absolute Gasteiger partial charge is 0.383 e. The zero-order valence-electron chi connectivity index (χ0n) is 27.4. The van der Waals surface area contributed by atoms with Gasteiger partial charge in [-0.15, -0.1) is 0 Å². The van der Waals surface area contributed by atoms with Gasteiger partial charge in [-0.25, -0.2) is 0 Å². The first-order chi connectivity index (χ1) is 19.1. The van der Waals surface area contributed by atoms with E-state index in [2.05, 4.69) is 31.0 Å². The van der Waals surface area contributed by atoms with Crippen molar-refractivity contribution in [2.24, 2.45) is 0 Å². The van der Waals surface area contributed by atoms with Crippen LogP contribution in [0.1, 0.15) is 97.6 Å². The number of fused-ring (bicyclic) bond motifs is 1.